The molecule has 4 nitrogen and oxygen atoms in total. The summed E-state index contributed by atoms with van der Waals surface area (Å²) in [5, 5.41) is 3.32. The lowest BCUT2D eigenvalue weighted by molar-refractivity contribution is 0.298. The Morgan fingerprint density at radius 1 is 1.48 bits per heavy atom. The second kappa shape index (κ2) is 7.05. The first-order valence-electron chi connectivity index (χ1n) is 7.11. The smallest absolute Gasteiger partial charge is 0.244 e. The van der Waals surface area contributed by atoms with E-state index in [1.54, 1.807) is 6.92 Å². The first-order chi connectivity index (χ1) is 9.95. The molecule has 7 heteroatoms. The standard InChI is InChI=1S/C14H20ClFN2O2S/c1-2-18(10-11-4-3-7-17-9-11)21(19,20)14-8-12(16)5-6-13(14)15/h5-6,8,11,17H,2-4,7,9-10H2,1H3. The van der Waals surface area contributed by atoms with Gasteiger partial charge in [0.1, 0.15) is 10.7 Å². The van der Waals surface area contributed by atoms with Gasteiger partial charge in [0, 0.05) is 13.1 Å². The quantitative estimate of drug-likeness (QED) is 0.900. The van der Waals surface area contributed by atoms with Gasteiger partial charge in [0.05, 0.1) is 5.02 Å². The number of rotatable bonds is 5. The number of benzene rings is 1. The number of nitrogens with one attached hydrogen (secondary N) is 1. The molecule has 1 heterocycles. The lowest BCUT2D eigenvalue weighted by atomic mass is 10.00. The summed E-state index contributed by atoms with van der Waals surface area (Å²) in [6.45, 7) is 4.33. The molecule has 1 fully saturated rings. The van der Waals surface area contributed by atoms with E-state index in [4.69, 9.17) is 11.6 Å². The van der Waals surface area contributed by atoms with E-state index in [2.05, 4.69) is 5.32 Å². The predicted octanol–water partition coefficient (Wildman–Crippen LogP) is 2.49. The van der Waals surface area contributed by atoms with Crippen molar-refractivity contribution in [1.29, 1.82) is 0 Å². The minimum atomic E-state index is -3.77. The van der Waals surface area contributed by atoms with Crippen LogP contribution in [0.4, 0.5) is 4.39 Å². The molecule has 0 spiro atoms. The third kappa shape index (κ3) is 3.94. The van der Waals surface area contributed by atoms with Gasteiger partial charge in [-0.2, -0.15) is 4.31 Å². The van der Waals surface area contributed by atoms with Gasteiger partial charge in [-0.15, -0.1) is 0 Å². The molecular formula is C14H20ClFN2O2S. The summed E-state index contributed by atoms with van der Waals surface area (Å²) in [6, 6.07) is 3.42. The van der Waals surface area contributed by atoms with Crippen LogP contribution >= 0.6 is 11.6 Å². The van der Waals surface area contributed by atoms with Crippen LogP contribution in [0.1, 0.15) is 19.8 Å². The van der Waals surface area contributed by atoms with Crippen molar-refractivity contribution in [2.24, 2.45) is 5.92 Å². The zero-order valence-corrected chi connectivity index (χ0v) is 13.6. The third-order valence-electron chi connectivity index (χ3n) is 3.72. The Morgan fingerprint density at radius 3 is 2.86 bits per heavy atom. The van der Waals surface area contributed by atoms with Gasteiger partial charge in [-0.3, -0.25) is 0 Å². The zero-order chi connectivity index (χ0) is 15.5. The highest BCUT2D eigenvalue weighted by Crippen LogP contribution is 2.26. The monoisotopic (exact) mass is 334 g/mol. The van der Waals surface area contributed by atoms with Crippen molar-refractivity contribution in [3.8, 4) is 0 Å². The average molecular weight is 335 g/mol. The average Bonchev–Trinajstić information content (AvgIpc) is 2.48. The maximum Gasteiger partial charge on any atom is 0.244 e. The molecule has 0 aliphatic carbocycles. The fourth-order valence-electron chi connectivity index (χ4n) is 2.58. The lowest BCUT2D eigenvalue weighted by Gasteiger charge is -2.29. The fourth-order valence-corrected chi connectivity index (χ4v) is 4.59. The number of hydrogen-bond donors (Lipinski definition) is 1. The molecule has 0 amide bonds. The molecule has 118 valence electrons. The third-order valence-corrected chi connectivity index (χ3v) is 6.15. The minimum absolute atomic E-state index is 0.0524. The minimum Gasteiger partial charge on any atom is -0.316 e. The van der Waals surface area contributed by atoms with Crippen LogP contribution < -0.4 is 5.32 Å². The largest absolute Gasteiger partial charge is 0.316 e. The predicted molar refractivity (Wildman–Crippen MR) is 81.4 cm³/mol. The molecule has 1 aromatic rings. The van der Waals surface area contributed by atoms with Crippen molar-refractivity contribution in [3.05, 3.63) is 29.0 Å². The van der Waals surface area contributed by atoms with Gasteiger partial charge >= 0.3 is 0 Å². The van der Waals surface area contributed by atoms with E-state index < -0.39 is 15.8 Å². The van der Waals surface area contributed by atoms with Gasteiger partial charge in [0.2, 0.25) is 10.0 Å². The van der Waals surface area contributed by atoms with Gasteiger partial charge < -0.3 is 5.32 Å². The van der Waals surface area contributed by atoms with E-state index in [-0.39, 0.29) is 15.8 Å². The Bertz CT molecular complexity index is 589. The van der Waals surface area contributed by atoms with Crippen LogP contribution in [-0.4, -0.2) is 38.9 Å². The number of hydrogen-bond acceptors (Lipinski definition) is 3. The molecule has 1 unspecified atom stereocenters. The van der Waals surface area contributed by atoms with Crippen LogP contribution in [0.2, 0.25) is 5.02 Å². The van der Waals surface area contributed by atoms with E-state index in [9.17, 15) is 12.8 Å². The first kappa shape index (κ1) is 16.7. The van der Waals surface area contributed by atoms with Crippen LogP contribution in [0.25, 0.3) is 0 Å². The highest BCUT2D eigenvalue weighted by atomic mass is 35.5. The number of nitrogens with zero attached hydrogens (tertiary/aromatic N) is 1. The summed E-state index contributed by atoms with van der Waals surface area (Å²) in [7, 11) is -3.77. The Kier molecular flexibility index (Phi) is 5.60. The van der Waals surface area contributed by atoms with E-state index in [0.29, 0.717) is 13.1 Å². The second-order valence-corrected chi connectivity index (χ2v) is 7.56. The molecule has 1 aromatic carbocycles. The normalized spacial score (nSPS) is 19.9. The summed E-state index contributed by atoms with van der Waals surface area (Å²) < 4.78 is 40.1. The Hall–Kier alpha value is -0.690. The van der Waals surface area contributed by atoms with Crippen LogP contribution in [-0.2, 0) is 10.0 Å². The van der Waals surface area contributed by atoms with Crippen molar-refractivity contribution in [2.75, 3.05) is 26.2 Å². The van der Waals surface area contributed by atoms with Crippen LogP contribution in [0, 0.1) is 11.7 Å². The van der Waals surface area contributed by atoms with E-state index in [1.165, 1.54) is 10.4 Å². The lowest BCUT2D eigenvalue weighted by Crippen LogP contribution is -2.41. The molecule has 1 aliphatic heterocycles. The molecule has 0 radical (unpaired) electrons. The topological polar surface area (TPSA) is 49.4 Å². The maximum absolute atomic E-state index is 13.4. The molecule has 0 saturated carbocycles. The first-order valence-corrected chi connectivity index (χ1v) is 8.93. The van der Waals surface area contributed by atoms with Crippen molar-refractivity contribution in [2.45, 2.75) is 24.7 Å². The van der Waals surface area contributed by atoms with Gasteiger partial charge in [-0.05, 0) is 50.0 Å². The van der Waals surface area contributed by atoms with Crippen LogP contribution in [0.15, 0.2) is 23.1 Å². The Balaban J connectivity index is 2.24. The number of piperidine rings is 1. The molecule has 21 heavy (non-hydrogen) atoms. The zero-order valence-electron chi connectivity index (χ0n) is 12.0. The molecule has 1 saturated heterocycles. The van der Waals surface area contributed by atoms with Gasteiger partial charge in [0.15, 0.2) is 0 Å². The highest BCUT2D eigenvalue weighted by Gasteiger charge is 2.28. The highest BCUT2D eigenvalue weighted by molar-refractivity contribution is 7.89. The maximum atomic E-state index is 13.4. The van der Waals surface area contributed by atoms with Crippen LogP contribution in [0.3, 0.4) is 0 Å². The molecule has 2 rings (SSSR count). The summed E-state index contributed by atoms with van der Waals surface area (Å²) in [6.07, 6.45) is 2.04. The number of sulfonamides is 1. The van der Waals surface area contributed by atoms with E-state index in [1.807, 2.05) is 0 Å². The summed E-state index contributed by atoms with van der Waals surface area (Å²) in [5.41, 5.74) is 0. The molecule has 0 aromatic heterocycles. The van der Waals surface area contributed by atoms with E-state index >= 15 is 0 Å². The van der Waals surface area contributed by atoms with Crippen LogP contribution in [0.5, 0.6) is 0 Å². The van der Waals surface area contributed by atoms with Gasteiger partial charge in [-0.25, -0.2) is 12.8 Å². The molecule has 1 N–H and O–H groups in total. The fraction of sp³-hybridized carbons (Fsp3) is 0.571. The van der Waals surface area contributed by atoms with Gasteiger partial charge in [0.25, 0.3) is 0 Å². The second-order valence-electron chi connectivity index (χ2n) is 5.24. The van der Waals surface area contributed by atoms with Gasteiger partial charge in [-0.1, -0.05) is 18.5 Å². The Morgan fingerprint density at radius 2 is 2.24 bits per heavy atom. The summed E-state index contributed by atoms with van der Waals surface area (Å²) in [5.74, 6) is -0.325. The molecule has 1 atom stereocenters. The Labute approximate surface area is 130 Å². The van der Waals surface area contributed by atoms with Crippen molar-refractivity contribution >= 4 is 21.6 Å². The van der Waals surface area contributed by atoms with Crippen molar-refractivity contribution < 1.29 is 12.8 Å². The van der Waals surface area contributed by atoms with Crippen molar-refractivity contribution in [1.82, 2.24) is 9.62 Å². The summed E-state index contributed by atoms with van der Waals surface area (Å²) >= 11 is 5.94. The van der Waals surface area contributed by atoms with E-state index in [0.717, 1.165) is 38.1 Å². The summed E-state index contributed by atoms with van der Waals surface area (Å²) in [4.78, 5) is -0.158. The molecular weight excluding hydrogens is 315 g/mol. The SMILES string of the molecule is CCN(CC1CCCNC1)S(=O)(=O)c1cc(F)ccc1Cl. The van der Waals surface area contributed by atoms with Crippen molar-refractivity contribution in [3.63, 3.8) is 0 Å². The molecule has 0 bridgehead atoms. The molecule has 1 aliphatic rings. The number of halogens is 2.